The van der Waals surface area contributed by atoms with Gasteiger partial charge in [-0.05, 0) is 56.7 Å². The molecule has 1 saturated carbocycles. The smallest absolute Gasteiger partial charge is 0.0453 e. The molecule has 2 aliphatic rings. The molecule has 1 heterocycles. The van der Waals surface area contributed by atoms with Crippen LogP contribution in [0.4, 0.5) is 0 Å². The van der Waals surface area contributed by atoms with Crippen LogP contribution in [0.3, 0.4) is 0 Å². The topological polar surface area (TPSA) is 24.1 Å². The molecule has 3 rings (SSSR count). The van der Waals surface area contributed by atoms with Crippen molar-refractivity contribution in [3.05, 3.63) is 34.9 Å². The molecule has 1 aromatic carbocycles. The van der Waals surface area contributed by atoms with E-state index in [1.54, 1.807) is 0 Å². The average molecular weight is 293 g/mol. The van der Waals surface area contributed by atoms with E-state index in [4.69, 9.17) is 11.6 Å². The molecule has 1 aliphatic carbocycles. The van der Waals surface area contributed by atoms with Crippen molar-refractivity contribution in [3.63, 3.8) is 0 Å². The molecule has 3 unspecified atom stereocenters. The van der Waals surface area contributed by atoms with Gasteiger partial charge in [-0.3, -0.25) is 0 Å². The normalized spacial score (nSPS) is 31.6. The summed E-state index contributed by atoms with van der Waals surface area (Å²) in [5, 5.41) is 8.40. The van der Waals surface area contributed by atoms with Gasteiger partial charge in [0.2, 0.25) is 0 Å². The van der Waals surface area contributed by atoms with Crippen LogP contribution in [0, 0.1) is 5.92 Å². The van der Waals surface area contributed by atoms with E-state index in [1.165, 1.54) is 44.2 Å². The second-order valence-electron chi connectivity index (χ2n) is 6.31. The Labute approximate surface area is 127 Å². The fourth-order valence-corrected chi connectivity index (χ4v) is 4.29. The first-order valence-corrected chi connectivity index (χ1v) is 8.37. The molecule has 2 fully saturated rings. The van der Waals surface area contributed by atoms with Crippen LogP contribution in [0.1, 0.15) is 50.6 Å². The molecule has 110 valence electrons. The minimum absolute atomic E-state index is 0.329. The molecule has 1 saturated heterocycles. The van der Waals surface area contributed by atoms with Gasteiger partial charge in [-0.25, -0.2) is 0 Å². The third kappa shape index (κ3) is 3.03. The van der Waals surface area contributed by atoms with Crippen molar-refractivity contribution in [1.29, 1.82) is 0 Å². The Balaban J connectivity index is 1.65. The third-order valence-corrected chi connectivity index (χ3v) is 5.36. The van der Waals surface area contributed by atoms with Gasteiger partial charge in [0.25, 0.3) is 0 Å². The lowest BCUT2D eigenvalue weighted by Crippen LogP contribution is -2.42. The molecule has 20 heavy (non-hydrogen) atoms. The highest BCUT2D eigenvalue weighted by molar-refractivity contribution is 6.31. The summed E-state index contributed by atoms with van der Waals surface area (Å²) in [5.41, 5.74) is 1.22. The molecule has 0 bridgehead atoms. The van der Waals surface area contributed by atoms with E-state index in [0.29, 0.717) is 12.1 Å². The van der Waals surface area contributed by atoms with Gasteiger partial charge in [-0.1, -0.05) is 36.2 Å². The van der Waals surface area contributed by atoms with Gasteiger partial charge in [-0.2, -0.15) is 0 Å². The van der Waals surface area contributed by atoms with Gasteiger partial charge in [0.1, 0.15) is 0 Å². The molecule has 4 atom stereocenters. The summed E-state index contributed by atoms with van der Waals surface area (Å²) in [6, 6.07) is 9.89. The lowest BCUT2D eigenvalue weighted by atomic mass is 9.92. The molecular formula is C17H25ClN2. The molecule has 2 N–H and O–H groups in total. The van der Waals surface area contributed by atoms with Crippen molar-refractivity contribution in [2.45, 2.75) is 57.2 Å². The van der Waals surface area contributed by atoms with E-state index >= 15 is 0 Å². The molecule has 0 spiro atoms. The molecule has 1 aromatic rings. The molecular weight excluding hydrogens is 268 g/mol. The van der Waals surface area contributed by atoms with Crippen molar-refractivity contribution < 1.29 is 0 Å². The van der Waals surface area contributed by atoms with Crippen molar-refractivity contribution in [1.82, 2.24) is 10.6 Å². The zero-order chi connectivity index (χ0) is 13.9. The van der Waals surface area contributed by atoms with E-state index < -0.39 is 0 Å². The van der Waals surface area contributed by atoms with Gasteiger partial charge in [0.05, 0.1) is 0 Å². The number of hydrogen-bond donors (Lipinski definition) is 2. The van der Waals surface area contributed by atoms with Gasteiger partial charge < -0.3 is 10.6 Å². The molecule has 0 radical (unpaired) electrons. The highest BCUT2D eigenvalue weighted by Crippen LogP contribution is 2.34. The minimum Gasteiger partial charge on any atom is -0.314 e. The first-order valence-electron chi connectivity index (χ1n) is 7.99. The van der Waals surface area contributed by atoms with Gasteiger partial charge in [-0.15, -0.1) is 0 Å². The third-order valence-electron chi connectivity index (χ3n) is 5.02. The van der Waals surface area contributed by atoms with E-state index in [2.05, 4.69) is 29.7 Å². The summed E-state index contributed by atoms with van der Waals surface area (Å²) >= 11 is 6.32. The largest absolute Gasteiger partial charge is 0.314 e. The zero-order valence-electron chi connectivity index (χ0n) is 12.2. The molecule has 0 aromatic heterocycles. The van der Waals surface area contributed by atoms with Crippen LogP contribution < -0.4 is 10.6 Å². The summed E-state index contributed by atoms with van der Waals surface area (Å²) < 4.78 is 0. The van der Waals surface area contributed by atoms with Crippen molar-refractivity contribution in [2.75, 3.05) is 6.54 Å². The first kappa shape index (κ1) is 14.4. The number of nitrogens with one attached hydrogen (secondary N) is 2. The Morgan fingerprint density at radius 2 is 2.05 bits per heavy atom. The maximum absolute atomic E-state index is 6.32. The summed E-state index contributed by atoms with van der Waals surface area (Å²) in [5.74, 6) is 0.794. The predicted octanol–water partition coefficient (Wildman–Crippen LogP) is 3.91. The number of rotatable bonds is 4. The fraction of sp³-hybridized carbons (Fsp3) is 0.647. The van der Waals surface area contributed by atoms with Crippen LogP contribution in [0.5, 0.6) is 0 Å². The van der Waals surface area contributed by atoms with Crippen LogP contribution in [-0.2, 0) is 0 Å². The summed E-state index contributed by atoms with van der Waals surface area (Å²) in [6.07, 6.45) is 6.72. The number of hydrogen-bond acceptors (Lipinski definition) is 2. The molecule has 1 aliphatic heterocycles. The lowest BCUT2D eigenvalue weighted by molar-refractivity contribution is 0.303. The maximum Gasteiger partial charge on any atom is 0.0453 e. The minimum atomic E-state index is 0.329. The van der Waals surface area contributed by atoms with Gasteiger partial charge >= 0.3 is 0 Å². The SMILES string of the molecule is C[C@@H](NC1CCCC1C1CCCN1)c1ccccc1Cl. The van der Waals surface area contributed by atoms with Gasteiger partial charge in [0, 0.05) is 23.1 Å². The fourth-order valence-electron chi connectivity index (χ4n) is 3.99. The second-order valence-corrected chi connectivity index (χ2v) is 6.72. The van der Waals surface area contributed by atoms with Gasteiger partial charge in [0.15, 0.2) is 0 Å². The molecule has 0 amide bonds. The Kier molecular flexibility index (Phi) is 4.65. The Morgan fingerprint density at radius 1 is 1.20 bits per heavy atom. The Bertz CT molecular complexity index is 442. The first-order chi connectivity index (χ1) is 9.75. The maximum atomic E-state index is 6.32. The van der Waals surface area contributed by atoms with Crippen molar-refractivity contribution in [2.24, 2.45) is 5.92 Å². The lowest BCUT2D eigenvalue weighted by Gasteiger charge is -2.29. The standard InChI is InChI=1S/C17H25ClN2/c1-12(13-6-2-3-8-15(13)18)20-17-9-4-7-14(17)16-10-5-11-19-16/h2-3,6,8,12,14,16-17,19-20H,4-5,7,9-11H2,1H3/t12-,14?,16?,17?/m1/s1. The van der Waals surface area contributed by atoms with E-state index in [1.807, 2.05) is 12.1 Å². The number of halogens is 1. The van der Waals surface area contributed by atoms with Crippen LogP contribution in [0.2, 0.25) is 5.02 Å². The van der Waals surface area contributed by atoms with Crippen LogP contribution in [0.25, 0.3) is 0 Å². The van der Waals surface area contributed by atoms with Crippen LogP contribution in [0.15, 0.2) is 24.3 Å². The molecule has 3 heteroatoms. The van der Waals surface area contributed by atoms with Crippen molar-refractivity contribution in [3.8, 4) is 0 Å². The molecule has 2 nitrogen and oxygen atoms in total. The summed E-state index contributed by atoms with van der Waals surface area (Å²) in [6.45, 7) is 3.44. The van der Waals surface area contributed by atoms with Crippen molar-refractivity contribution >= 4 is 11.6 Å². The summed E-state index contributed by atoms with van der Waals surface area (Å²) in [7, 11) is 0. The summed E-state index contributed by atoms with van der Waals surface area (Å²) in [4.78, 5) is 0. The van der Waals surface area contributed by atoms with Crippen LogP contribution >= 0.6 is 11.6 Å². The van der Waals surface area contributed by atoms with Crippen LogP contribution in [-0.4, -0.2) is 18.6 Å². The Morgan fingerprint density at radius 3 is 2.80 bits per heavy atom. The highest BCUT2D eigenvalue weighted by Gasteiger charge is 2.35. The Hall–Kier alpha value is -0.570. The quantitative estimate of drug-likeness (QED) is 0.879. The second kappa shape index (κ2) is 6.46. The van der Waals surface area contributed by atoms with E-state index in [-0.39, 0.29) is 0 Å². The predicted molar refractivity (Wildman–Crippen MR) is 85.2 cm³/mol. The zero-order valence-corrected chi connectivity index (χ0v) is 13.0. The van der Waals surface area contributed by atoms with E-state index in [0.717, 1.165) is 17.0 Å². The number of benzene rings is 1. The van der Waals surface area contributed by atoms with E-state index in [9.17, 15) is 0 Å². The average Bonchev–Trinajstić information content (AvgIpc) is 3.09. The highest BCUT2D eigenvalue weighted by atomic mass is 35.5. The monoisotopic (exact) mass is 292 g/mol.